The summed E-state index contributed by atoms with van der Waals surface area (Å²) in [6.07, 6.45) is -8.09. The van der Waals surface area contributed by atoms with Crippen molar-refractivity contribution in [3.63, 3.8) is 0 Å². The third-order valence-corrected chi connectivity index (χ3v) is 6.37. The molecule has 1 N–H and O–H groups in total. The molecule has 0 unspecified atom stereocenters. The van der Waals surface area contributed by atoms with Crippen LogP contribution >= 0.6 is 0 Å². The second-order valence-corrected chi connectivity index (χ2v) is 8.57. The number of alkyl halides is 6. The minimum Gasteiger partial charge on any atom is -0.350 e. The number of hydrogen-bond donors (Lipinski definition) is 1. The van der Waals surface area contributed by atoms with Gasteiger partial charge in [0, 0.05) is 55.3 Å². The summed E-state index contributed by atoms with van der Waals surface area (Å²) in [6, 6.07) is 8.27. The van der Waals surface area contributed by atoms with Crippen LogP contribution in [-0.4, -0.2) is 41.1 Å². The highest BCUT2D eigenvalue weighted by atomic mass is 19.4. The van der Waals surface area contributed by atoms with E-state index in [0.717, 1.165) is 16.5 Å². The van der Waals surface area contributed by atoms with Crippen LogP contribution < -0.4 is 5.32 Å². The summed E-state index contributed by atoms with van der Waals surface area (Å²) in [5, 5.41) is 4.17. The Morgan fingerprint density at radius 1 is 1.03 bits per heavy atom. The summed E-state index contributed by atoms with van der Waals surface area (Å²) in [6.45, 7) is 2.82. The van der Waals surface area contributed by atoms with Gasteiger partial charge in [-0.3, -0.25) is 4.79 Å². The zero-order valence-corrected chi connectivity index (χ0v) is 18.5. The van der Waals surface area contributed by atoms with Crippen molar-refractivity contribution >= 4 is 16.8 Å². The Labute approximate surface area is 192 Å². The van der Waals surface area contributed by atoms with Gasteiger partial charge in [0.15, 0.2) is 0 Å². The van der Waals surface area contributed by atoms with Crippen LogP contribution in [0.4, 0.5) is 26.3 Å². The molecule has 4 nitrogen and oxygen atoms in total. The molecule has 1 saturated heterocycles. The van der Waals surface area contributed by atoms with E-state index in [-0.39, 0.29) is 18.5 Å². The number of aryl methyl sites for hydroxylation is 1. The quantitative estimate of drug-likeness (QED) is 0.505. The zero-order valence-electron chi connectivity index (χ0n) is 18.5. The number of fused-ring (bicyclic) bond motifs is 1. The molecule has 2 aromatic carbocycles. The molecule has 182 valence electrons. The topological polar surface area (TPSA) is 37.3 Å². The normalized spacial score (nSPS) is 18.4. The molecule has 1 aromatic heterocycles. The third-order valence-electron chi connectivity index (χ3n) is 6.37. The predicted molar refractivity (Wildman–Crippen MR) is 115 cm³/mol. The van der Waals surface area contributed by atoms with Crippen molar-refractivity contribution < 1.29 is 31.1 Å². The molecular formula is C24H23F6N3O. The fourth-order valence-corrected chi connectivity index (χ4v) is 4.61. The monoisotopic (exact) mass is 483 g/mol. The second kappa shape index (κ2) is 8.65. The smallest absolute Gasteiger partial charge is 0.350 e. The van der Waals surface area contributed by atoms with E-state index in [9.17, 15) is 31.1 Å². The molecule has 34 heavy (non-hydrogen) atoms. The number of amides is 1. The lowest BCUT2D eigenvalue weighted by molar-refractivity contribution is -0.143. The lowest BCUT2D eigenvalue weighted by Crippen LogP contribution is -2.55. The number of rotatable bonds is 3. The van der Waals surface area contributed by atoms with Gasteiger partial charge in [0.05, 0.1) is 17.2 Å². The molecule has 10 heteroatoms. The highest BCUT2D eigenvalue weighted by Gasteiger charge is 2.39. The lowest BCUT2D eigenvalue weighted by atomic mass is 9.90. The van der Waals surface area contributed by atoms with Crippen molar-refractivity contribution in [1.29, 1.82) is 0 Å². The Morgan fingerprint density at radius 3 is 2.26 bits per heavy atom. The average molecular weight is 483 g/mol. The fourth-order valence-electron chi connectivity index (χ4n) is 4.61. The van der Waals surface area contributed by atoms with Gasteiger partial charge in [-0.25, -0.2) is 0 Å². The van der Waals surface area contributed by atoms with Crippen LogP contribution in [0.1, 0.15) is 39.9 Å². The second-order valence-electron chi connectivity index (χ2n) is 8.57. The van der Waals surface area contributed by atoms with E-state index in [1.807, 2.05) is 49.0 Å². The number of nitrogens with one attached hydrogen (secondary N) is 1. The van der Waals surface area contributed by atoms with E-state index in [1.54, 1.807) is 0 Å². The van der Waals surface area contributed by atoms with E-state index < -0.39 is 41.0 Å². The van der Waals surface area contributed by atoms with Crippen molar-refractivity contribution in [2.45, 2.75) is 31.2 Å². The largest absolute Gasteiger partial charge is 0.416 e. The van der Waals surface area contributed by atoms with Gasteiger partial charge >= 0.3 is 12.4 Å². The highest BCUT2D eigenvalue weighted by Crippen LogP contribution is 2.37. The number of para-hydroxylation sites is 1. The molecule has 1 aliphatic heterocycles. The van der Waals surface area contributed by atoms with Crippen LogP contribution in [0.3, 0.4) is 0 Å². The zero-order chi connectivity index (χ0) is 24.8. The molecule has 0 spiro atoms. The fraction of sp³-hybridized carbons (Fsp3) is 0.375. The van der Waals surface area contributed by atoms with Gasteiger partial charge in [-0.05, 0) is 29.8 Å². The van der Waals surface area contributed by atoms with Crippen LogP contribution in [0.5, 0.6) is 0 Å². The highest BCUT2D eigenvalue weighted by molar-refractivity contribution is 5.95. The summed E-state index contributed by atoms with van der Waals surface area (Å²) in [7, 11) is 1.89. The molecular weight excluding hydrogens is 460 g/mol. The summed E-state index contributed by atoms with van der Waals surface area (Å²) in [5.74, 6) is -1.08. The minimum atomic E-state index is -5.02. The standard InChI is InChI=1S/C24H23F6N3O/c1-14(19-13-32(2)20-6-4-3-5-18(19)20)21-12-31-7-8-33(21)22(34)15-9-16(23(25,26)27)11-17(10-15)24(28,29)30/h3-6,9-11,13-14,21,31H,7-8,12H2,1-2H3/t14-,21+/m1/s1. The summed E-state index contributed by atoms with van der Waals surface area (Å²) >= 11 is 0. The van der Waals surface area contributed by atoms with Crippen molar-refractivity contribution in [2.75, 3.05) is 19.6 Å². The Morgan fingerprint density at radius 2 is 1.65 bits per heavy atom. The number of halogens is 6. The number of carbonyl (C=O) groups excluding carboxylic acids is 1. The molecule has 1 aliphatic rings. The van der Waals surface area contributed by atoms with Gasteiger partial charge in [0.2, 0.25) is 0 Å². The molecule has 3 aromatic rings. The number of benzene rings is 2. The Bertz CT molecular complexity index is 1180. The minimum absolute atomic E-state index is 0.0325. The molecule has 1 amide bonds. The molecule has 0 aliphatic carbocycles. The summed E-state index contributed by atoms with van der Waals surface area (Å²) in [5.41, 5.74) is -1.69. The number of carbonyl (C=O) groups is 1. The van der Waals surface area contributed by atoms with Gasteiger partial charge in [0.1, 0.15) is 0 Å². The molecule has 2 heterocycles. The maximum Gasteiger partial charge on any atom is 0.416 e. The number of hydrogen-bond acceptors (Lipinski definition) is 2. The number of nitrogens with zero attached hydrogens (tertiary/aromatic N) is 2. The van der Waals surface area contributed by atoms with E-state index in [1.165, 1.54) is 4.90 Å². The first-order chi connectivity index (χ1) is 15.9. The molecule has 2 atom stereocenters. The van der Waals surface area contributed by atoms with Gasteiger partial charge in [-0.2, -0.15) is 26.3 Å². The van der Waals surface area contributed by atoms with Crippen molar-refractivity contribution in [2.24, 2.45) is 7.05 Å². The third kappa shape index (κ3) is 4.51. The molecule has 4 rings (SSSR count). The average Bonchev–Trinajstić information content (AvgIpc) is 3.13. The first-order valence-electron chi connectivity index (χ1n) is 10.7. The SMILES string of the molecule is C[C@H](c1cn(C)c2ccccc12)[C@@H]1CNCCN1C(=O)c1cc(C(F)(F)F)cc(C(F)(F)F)c1. The van der Waals surface area contributed by atoms with Crippen molar-refractivity contribution in [3.05, 3.63) is 70.9 Å². The Balaban J connectivity index is 1.73. The Kier molecular flexibility index (Phi) is 6.14. The van der Waals surface area contributed by atoms with Crippen LogP contribution in [-0.2, 0) is 19.4 Å². The summed E-state index contributed by atoms with van der Waals surface area (Å²) in [4.78, 5) is 14.7. The van der Waals surface area contributed by atoms with E-state index >= 15 is 0 Å². The van der Waals surface area contributed by atoms with Gasteiger partial charge < -0.3 is 14.8 Å². The van der Waals surface area contributed by atoms with E-state index in [0.29, 0.717) is 25.2 Å². The first kappa shape index (κ1) is 24.1. The molecule has 1 fully saturated rings. The first-order valence-corrected chi connectivity index (χ1v) is 10.7. The Hall–Kier alpha value is -3.01. The van der Waals surface area contributed by atoms with Crippen molar-refractivity contribution in [3.8, 4) is 0 Å². The van der Waals surface area contributed by atoms with E-state index in [2.05, 4.69) is 5.32 Å². The molecule has 0 bridgehead atoms. The predicted octanol–water partition coefficient (Wildman–Crippen LogP) is 5.43. The van der Waals surface area contributed by atoms with Crippen LogP contribution in [0.2, 0.25) is 0 Å². The molecule has 0 saturated carbocycles. The van der Waals surface area contributed by atoms with Gasteiger partial charge in [-0.1, -0.05) is 25.1 Å². The van der Waals surface area contributed by atoms with Crippen LogP contribution in [0.25, 0.3) is 10.9 Å². The van der Waals surface area contributed by atoms with Crippen molar-refractivity contribution in [1.82, 2.24) is 14.8 Å². The van der Waals surface area contributed by atoms with Crippen LogP contribution in [0.15, 0.2) is 48.7 Å². The van der Waals surface area contributed by atoms with E-state index in [4.69, 9.17) is 0 Å². The number of piperazine rings is 1. The summed E-state index contributed by atoms with van der Waals surface area (Å²) < 4.78 is 81.8. The maximum absolute atomic E-state index is 13.3. The molecule has 0 radical (unpaired) electrons. The van der Waals surface area contributed by atoms with Gasteiger partial charge in [-0.15, -0.1) is 0 Å². The maximum atomic E-state index is 13.3. The van der Waals surface area contributed by atoms with Crippen LogP contribution in [0, 0.1) is 0 Å². The lowest BCUT2D eigenvalue weighted by Gasteiger charge is -2.40. The van der Waals surface area contributed by atoms with Gasteiger partial charge in [0.25, 0.3) is 5.91 Å². The number of aromatic nitrogens is 1.